The van der Waals surface area contributed by atoms with E-state index in [2.05, 4.69) is 22.4 Å². The fourth-order valence-corrected chi connectivity index (χ4v) is 2.94. The number of nitrogens with zero attached hydrogens (tertiary/aromatic N) is 2. The highest BCUT2D eigenvalue weighted by molar-refractivity contribution is 5.00. The van der Waals surface area contributed by atoms with E-state index in [9.17, 15) is 0 Å². The number of hydrogen-bond donors (Lipinski definition) is 1. The van der Waals surface area contributed by atoms with Gasteiger partial charge in [-0.2, -0.15) is 4.98 Å². The maximum absolute atomic E-state index is 5.36. The lowest BCUT2D eigenvalue weighted by Crippen LogP contribution is -2.43. The van der Waals surface area contributed by atoms with Gasteiger partial charge >= 0.3 is 0 Å². The molecule has 1 aliphatic heterocycles. The quantitative estimate of drug-likeness (QED) is 0.868. The third-order valence-corrected chi connectivity index (χ3v) is 4.30. The molecule has 1 N–H and O–H groups in total. The van der Waals surface area contributed by atoms with Crippen LogP contribution < -0.4 is 5.32 Å². The highest BCUT2D eigenvalue weighted by Gasteiger charge is 2.29. The Bertz CT molecular complexity index is 372. The second kappa shape index (κ2) is 4.77. The first-order valence-corrected chi connectivity index (χ1v) is 6.88. The summed E-state index contributed by atoms with van der Waals surface area (Å²) in [4.78, 5) is 4.58. The molecule has 1 aliphatic carbocycles. The number of aromatic nitrogens is 2. The Kier molecular flexibility index (Phi) is 3.14. The first kappa shape index (κ1) is 11.2. The largest absolute Gasteiger partial charge is 0.339 e. The van der Waals surface area contributed by atoms with Crippen LogP contribution in [0.15, 0.2) is 4.52 Å². The minimum atomic E-state index is 0.553. The standard InChI is InChI=1S/C13H21N3O/c1-2-9-3-4-11(5-9)13-15-12(17-16-13)6-10-7-14-8-10/h9-11,14H,2-8H2,1H3. The van der Waals surface area contributed by atoms with Crippen molar-refractivity contribution < 1.29 is 4.52 Å². The summed E-state index contributed by atoms with van der Waals surface area (Å²) < 4.78 is 5.36. The van der Waals surface area contributed by atoms with Crippen molar-refractivity contribution in [2.24, 2.45) is 11.8 Å². The van der Waals surface area contributed by atoms with E-state index in [0.29, 0.717) is 11.8 Å². The van der Waals surface area contributed by atoms with Crippen LogP contribution in [-0.4, -0.2) is 23.2 Å². The van der Waals surface area contributed by atoms with Gasteiger partial charge in [0.25, 0.3) is 0 Å². The van der Waals surface area contributed by atoms with Crippen LogP contribution in [0.4, 0.5) is 0 Å². The van der Waals surface area contributed by atoms with Crippen molar-refractivity contribution in [1.82, 2.24) is 15.5 Å². The van der Waals surface area contributed by atoms with Gasteiger partial charge in [0.15, 0.2) is 5.82 Å². The van der Waals surface area contributed by atoms with Crippen molar-refractivity contribution in [3.8, 4) is 0 Å². The Hall–Kier alpha value is -0.900. The van der Waals surface area contributed by atoms with Crippen LogP contribution in [0.5, 0.6) is 0 Å². The van der Waals surface area contributed by atoms with Gasteiger partial charge in [0.2, 0.25) is 5.89 Å². The Balaban J connectivity index is 1.60. The average molecular weight is 235 g/mol. The molecule has 2 unspecified atom stereocenters. The Morgan fingerprint density at radius 1 is 1.29 bits per heavy atom. The molecule has 1 aromatic heterocycles. The second-order valence-corrected chi connectivity index (χ2v) is 5.56. The third-order valence-electron chi connectivity index (χ3n) is 4.30. The van der Waals surface area contributed by atoms with Crippen LogP contribution in [0, 0.1) is 11.8 Å². The molecule has 17 heavy (non-hydrogen) atoms. The summed E-state index contributed by atoms with van der Waals surface area (Å²) in [6, 6.07) is 0. The Morgan fingerprint density at radius 3 is 2.82 bits per heavy atom. The number of rotatable bonds is 4. The highest BCUT2D eigenvalue weighted by atomic mass is 16.5. The molecule has 4 heteroatoms. The fraction of sp³-hybridized carbons (Fsp3) is 0.846. The van der Waals surface area contributed by atoms with E-state index in [1.807, 2.05) is 0 Å². The minimum Gasteiger partial charge on any atom is -0.339 e. The minimum absolute atomic E-state index is 0.553. The highest BCUT2D eigenvalue weighted by Crippen LogP contribution is 2.38. The van der Waals surface area contributed by atoms with Crippen LogP contribution in [0.25, 0.3) is 0 Å². The molecule has 0 aromatic carbocycles. The summed E-state index contributed by atoms with van der Waals surface area (Å²) in [5, 5.41) is 7.44. The first-order valence-electron chi connectivity index (χ1n) is 6.88. The molecular weight excluding hydrogens is 214 g/mol. The molecule has 0 radical (unpaired) electrons. The maximum atomic E-state index is 5.36. The van der Waals surface area contributed by atoms with Gasteiger partial charge in [-0.25, -0.2) is 0 Å². The van der Waals surface area contributed by atoms with Crippen molar-refractivity contribution in [1.29, 1.82) is 0 Å². The topological polar surface area (TPSA) is 51.0 Å². The zero-order valence-corrected chi connectivity index (χ0v) is 10.5. The van der Waals surface area contributed by atoms with E-state index in [0.717, 1.165) is 37.1 Å². The third kappa shape index (κ3) is 2.37. The monoisotopic (exact) mass is 235 g/mol. The lowest BCUT2D eigenvalue weighted by atomic mass is 9.99. The van der Waals surface area contributed by atoms with Crippen LogP contribution >= 0.6 is 0 Å². The van der Waals surface area contributed by atoms with E-state index < -0.39 is 0 Å². The lowest BCUT2D eigenvalue weighted by Gasteiger charge is -2.25. The van der Waals surface area contributed by atoms with E-state index >= 15 is 0 Å². The number of hydrogen-bond acceptors (Lipinski definition) is 4. The summed E-state index contributed by atoms with van der Waals surface area (Å²) in [6.07, 6.45) is 6.05. The SMILES string of the molecule is CCC1CCC(c2noc(CC3CNC3)n2)C1. The molecule has 2 atom stereocenters. The molecule has 4 nitrogen and oxygen atoms in total. The van der Waals surface area contributed by atoms with Crippen molar-refractivity contribution in [3.63, 3.8) is 0 Å². The maximum Gasteiger partial charge on any atom is 0.227 e. The van der Waals surface area contributed by atoms with Crippen LogP contribution in [0.2, 0.25) is 0 Å². The summed E-state index contributed by atoms with van der Waals surface area (Å²) in [7, 11) is 0. The molecule has 1 aromatic rings. The van der Waals surface area contributed by atoms with Crippen molar-refractivity contribution in [2.45, 2.75) is 44.9 Å². The molecule has 2 heterocycles. The predicted octanol–water partition coefficient (Wildman–Crippen LogP) is 2.13. The summed E-state index contributed by atoms with van der Waals surface area (Å²) in [5.41, 5.74) is 0. The van der Waals surface area contributed by atoms with Gasteiger partial charge in [0.05, 0.1) is 0 Å². The number of nitrogens with one attached hydrogen (secondary N) is 1. The predicted molar refractivity (Wildman–Crippen MR) is 64.7 cm³/mol. The summed E-state index contributed by atoms with van der Waals surface area (Å²) in [6.45, 7) is 4.47. The average Bonchev–Trinajstić information content (AvgIpc) is 2.92. The van der Waals surface area contributed by atoms with Gasteiger partial charge in [-0.15, -0.1) is 0 Å². The lowest BCUT2D eigenvalue weighted by molar-refractivity contribution is 0.294. The second-order valence-electron chi connectivity index (χ2n) is 5.56. The molecule has 1 saturated heterocycles. The van der Waals surface area contributed by atoms with Crippen molar-refractivity contribution in [2.75, 3.05) is 13.1 Å². The van der Waals surface area contributed by atoms with E-state index in [1.165, 1.54) is 25.7 Å². The molecule has 2 fully saturated rings. The van der Waals surface area contributed by atoms with E-state index in [4.69, 9.17) is 4.52 Å². The molecule has 94 valence electrons. The molecule has 0 amide bonds. The van der Waals surface area contributed by atoms with Crippen LogP contribution in [0.1, 0.15) is 50.2 Å². The molecular formula is C13H21N3O. The molecule has 3 rings (SSSR count). The van der Waals surface area contributed by atoms with Gasteiger partial charge in [-0.05, 0) is 44.2 Å². The molecule has 1 saturated carbocycles. The zero-order chi connectivity index (χ0) is 11.7. The van der Waals surface area contributed by atoms with E-state index in [-0.39, 0.29) is 0 Å². The summed E-state index contributed by atoms with van der Waals surface area (Å²) >= 11 is 0. The normalized spacial score (nSPS) is 29.5. The van der Waals surface area contributed by atoms with Crippen molar-refractivity contribution >= 4 is 0 Å². The van der Waals surface area contributed by atoms with Gasteiger partial charge < -0.3 is 9.84 Å². The summed E-state index contributed by atoms with van der Waals surface area (Å²) in [5.74, 6) is 3.93. The molecule has 0 spiro atoms. The van der Waals surface area contributed by atoms with Crippen molar-refractivity contribution in [3.05, 3.63) is 11.7 Å². The van der Waals surface area contributed by atoms with E-state index in [1.54, 1.807) is 0 Å². The molecule has 0 bridgehead atoms. The Labute approximate surface area is 102 Å². The Morgan fingerprint density at radius 2 is 2.18 bits per heavy atom. The smallest absolute Gasteiger partial charge is 0.227 e. The first-order chi connectivity index (χ1) is 8.35. The van der Waals surface area contributed by atoms with Gasteiger partial charge in [-0.3, -0.25) is 0 Å². The fourth-order valence-electron chi connectivity index (χ4n) is 2.94. The van der Waals surface area contributed by atoms with Gasteiger partial charge in [0, 0.05) is 12.3 Å². The van der Waals surface area contributed by atoms with Crippen LogP contribution in [0.3, 0.4) is 0 Å². The molecule has 2 aliphatic rings. The van der Waals surface area contributed by atoms with Crippen LogP contribution in [-0.2, 0) is 6.42 Å². The van der Waals surface area contributed by atoms with Gasteiger partial charge in [-0.1, -0.05) is 18.5 Å². The van der Waals surface area contributed by atoms with Gasteiger partial charge in [0.1, 0.15) is 0 Å². The zero-order valence-electron chi connectivity index (χ0n) is 10.5.